The van der Waals surface area contributed by atoms with Crippen molar-refractivity contribution in [2.24, 2.45) is 0 Å². The van der Waals surface area contributed by atoms with E-state index in [2.05, 4.69) is 10.6 Å². The average Bonchev–Trinajstić information content (AvgIpc) is 2.95. The second kappa shape index (κ2) is 7.23. The molecule has 2 rings (SSSR count). The lowest BCUT2D eigenvalue weighted by Gasteiger charge is -2.13. The Bertz CT molecular complexity index is 342. The van der Waals surface area contributed by atoms with Gasteiger partial charge in [0.2, 0.25) is 5.91 Å². The first-order valence-electron chi connectivity index (χ1n) is 5.06. The summed E-state index contributed by atoms with van der Waals surface area (Å²) in [5.74, 6) is 1.60. The van der Waals surface area contributed by atoms with Crippen LogP contribution in [0.15, 0.2) is 16.8 Å². The number of thioether (sulfide) groups is 1. The van der Waals surface area contributed by atoms with Gasteiger partial charge in [-0.25, -0.2) is 0 Å². The van der Waals surface area contributed by atoms with Crippen molar-refractivity contribution in [1.29, 1.82) is 0 Å². The lowest BCUT2D eigenvalue weighted by molar-refractivity contribution is -0.122. The number of carbonyl (C=O) groups is 1. The van der Waals surface area contributed by atoms with Gasteiger partial charge >= 0.3 is 0 Å². The number of nitrogens with one attached hydrogen (secondary N) is 2. The SMILES string of the molecule is Cl.O=C(NCC(O)c1ccsc1)C1CSCN1. The predicted molar refractivity (Wildman–Crippen MR) is 73.8 cm³/mol. The van der Waals surface area contributed by atoms with Crippen LogP contribution in [0, 0.1) is 0 Å². The molecule has 0 saturated carbocycles. The summed E-state index contributed by atoms with van der Waals surface area (Å²) in [6, 6.07) is 1.75. The topological polar surface area (TPSA) is 61.4 Å². The highest BCUT2D eigenvalue weighted by Crippen LogP contribution is 2.15. The molecular weight excluding hydrogens is 280 g/mol. The Morgan fingerprint density at radius 2 is 2.53 bits per heavy atom. The van der Waals surface area contributed by atoms with E-state index in [1.165, 1.54) is 11.3 Å². The summed E-state index contributed by atoms with van der Waals surface area (Å²) in [5.41, 5.74) is 0.860. The summed E-state index contributed by atoms with van der Waals surface area (Å²) < 4.78 is 0. The third kappa shape index (κ3) is 4.15. The van der Waals surface area contributed by atoms with Crippen LogP contribution >= 0.6 is 35.5 Å². The highest BCUT2D eigenvalue weighted by molar-refractivity contribution is 7.99. The first-order valence-corrected chi connectivity index (χ1v) is 7.16. The zero-order chi connectivity index (χ0) is 11.4. The fraction of sp³-hybridized carbons (Fsp3) is 0.500. The van der Waals surface area contributed by atoms with Crippen LogP contribution in [0.5, 0.6) is 0 Å². The van der Waals surface area contributed by atoms with Gasteiger partial charge in [0.1, 0.15) is 0 Å². The molecule has 1 saturated heterocycles. The second-order valence-electron chi connectivity index (χ2n) is 3.59. The Labute approximate surface area is 115 Å². The molecule has 4 nitrogen and oxygen atoms in total. The molecular formula is C10H15ClN2O2S2. The monoisotopic (exact) mass is 294 g/mol. The van der Waals surface area contributed by atoms with Crippen molar-refractivity contribution in [2.75, 3.05) is 18.2 Å². The molecule has 0 radical (unpaired) electrons. The third-order valence-corrected chi connectivity index (χ3v) is 4.07. The highest BCUT2D eigenvalue weighted by atomic mass is 35.5. The smallest absolute Gasteiger partial charge is 0.238 e. The highest BCUT2D eigenvalue weighted by Gasteiger charge is 2.22. The predicted octanol–water partition coefficient (Wildman–Crippen LogP) is 0.982. The summed E-state index contributed by atoms with van der Waals surface area (Å²) in [6.45, 7) is 0.276. The fourth-order valence-electron chi connectivity index (χ4n) is 1.47. The minimum absolute atomic E-state index is 0. The maximum atomic E-state index is 11.6. The van der Waals surface area contributed by atoms with Gasteiger partial charge in [-0.05, 0) is 22.4 Å². The van der Waals surface area contributed by atoms with Crippen molar-refractivity contribution < 1.29 is 9.90 Å². The minimum Gasteiger partial charge on any atom is -0.387 e. The Kier molecular flexibility index (Phi) is 6.29. The van der Waals surface area contributed by atoms with Crippen LogP contribution in [-0.2, 0) is 4.79 Å². The summed E-state index contributed by atoms with van der Waals surface area (Å²) in [4.78, 5) is 11.6. The van der Waals surface area contributed by atoms with Crippen LogP contribution in [0.2, 0.25) is 0 Å². The summed E-state index contributed by atoms with van der Waals surface area (Å²) in [5, 5.41) is 19.4. The summed E-state index contributed by atoms with van der Waals surface area (Å²) in [7, 11) is 0. The van der Waals surface area contributed by atoms with Crippen molar-refractivity contribution in [3.8, 4) is 0 Å². The number of amides is 1. The lowest BCUT2D eigenvalue weighted by Crippen LogP contribution is -2.43. The van der Waals surface area contributed by atoms with Crippen molar-refractivity contribution in [2.45, 2.75) is 12.1 Å². The van der Waals surface area contributed by atoms with Crippen molar-refractivity contribution in [1.82, 2.24) is 10.6 Å². The quantitative estimate of drug-likeness (QED) is 0.775. The maximum absolute atomic E-state index is 11.6. The summed E-state index contributed by atoms with van der Waals surface area (Å²) >= 11 is 3.25. The van der Waals surface area contributed by atoms with Gasteiger partial charge in [-0.2, -0.15) is 11.3 Å². The van der Waals surface area contributed by atoms with Gasteiger partial charge in [-0.1, -0.05) is 0 Å². The number of hydrogen-bond acceptors (Lipinski definition) is 5. The van der Waals surface area contributed by atoms with E-state index in [1.807, 2.05) is 16.8 Å². The van der Waals surface area contributed by atoms with Gasteiger partial charge in [0, 0.05) is 18.2 Å². The number of hydrogen-bond donors (Lipinski definition) is 3. The van der Waals surface area contributed by atoms with E-state index in [0.29, 0.717) is 0 Å². The van der Waals surface area contributed by atoms with Crippen LogP contribution in [0.4, 0.5) is 0 Å². The molecule has 0 aromatic carbocycles. The van der Waals surface area contributed by atoms with Gasteiger partial charge in [0.25, 0.3) is 0 Å². The summed E-state index contributed by atoms with van der Waals surface area (Å²) in [6.07, 6.45) is -0.607. The molecule has 0 spiro atoms. The molecule has 0 aliphatic carbocycles. The molecule has 3 N–H and O–H groups in total. The van der Waals surface area contributed by atoms with Crippen LogP contribution in [0.25, 0.3) is 0 Å². The fourth-order valence-corrected chi connectivity index (χ4v) is 3.12. The molecule has 96 valence electrons. The van der Waals surface area contributed by atoms with Gasteiger partial charge in [0.05, 0.1) is 12.1 Å². The lowest BCUT2D eigenvalue weighted by atomic mass is 10.2. The van der Waals surface area contributed by atoms with Gasteiger partial charge < -0.3 is 10.4 Å². The zero-order valence-corrected chi connectivity index (χ0v) is 11.5. The largest absolute Gasteiger partial charge is 0.387 e. The van der Waals surface area contributed by atoms with E-state index < -0.39 is 6.10 Å². The number of rotatable bonds is 4. The molecule has 1 aliphatic heterocycles. The standard InChI is InChI=1S/C10H14N2O2S2.ClH/c13-9(7-1-2-15-4-7)3-11-10(14)8-5-16-6-12-8;/h1-2,4,8-9,12-13H,3,5-6H2,(H,11,14);1H. The Morgan fingerprint density at radius 1 is 1.71 bits per heavy atom. The van der Waals surface area contributed by atoms with E-state index >= 15 is 0 Å². The van der Waals surface area contributed by atoms with Gasteiger partial charge in [0.15, 0.2) is 0 Å². The average molecular weight is 295 g/mol. The van der Waals surface area contributed by atoms with Crippen molar-refractivity contribution in [3.63, 3.8) is 0 Å². The molecule has 2 atom stereocenters. The minimum atomic E-state index is -0.607. The number of aliphatic hydroxyl groups excluding tert-OH is 1. The number of carbonyl (C=O) groups excluding carboxylic acids is 1. The molecule has 2 heterocycles. The molecule has 1 aliphatic rings. The molecule has 1 aromatic heterocycles. The number of halogens is 1. The third-order valence-electron chi connectivity index (χ3n) is 2.43. The maximum Gasteiger partial charge on any atom is 0.238 e. The molecule has 1 aromatic rings. The van der Waals surface area contributed by atoms with Gasteiger partial charge in [-0.15, -0.1) is 24.2 Å². The normalized spacial score (nSPS) is 20.6. The molecule has 2 unspecified atom stereocenters. The van der Waals surface area contributed by atoms with Crippen molar-refractivity contribution in [3.05, 3.63) is 22.4 Å². The van der Waals surface area contributed by atoms with E-state index in [9.17, 15) is 9.90 Å². The second-order valence-corrected chi connectivity index (χ2v) is 5.40. The van der Waals surface area contributed by atoms with Crippen LogP contribution in [-0.4, -0.2) is 35.2 Å². The van der Waals surface area contributed by atoms with Crippen LogP contribution in [0.1, 0.15) is 11.7 Å². The Hall–Kier alpha value is -0.270. The molecule has 1 amide bonds. The Balaban J connectivity index is 0.00000144. The van der Waals surface area contributed by atoms with Gasteiger partial charge in [-0.3, -0.25) is 10.1 Å². The molecule has 1 fully saturated rings. The van der Waals surface area contributed by atoms with E-state index in [1.54, 1.807) is 11.8 Å². The van der Waals surface area contributed by atoms with E-state index in [4.69, 9.17) is 0 Å². The molecule has 17 heavy (non-hydrogen) atoms. The van der Waals surface area contributed by atoms with E-state index in [-0.39, 0.29) is 30.9 Å². The first-order chi connectivity index (χ1) is 7.77. The van der Waals surface area contributed by atoms with E-state index in [0.717, 1.165) is 17.2 Å². The molecule has 7 heteroatoms. The Morgan fingerprint density at radius 3 is 3.12 bits per heavy atom. The van der Waals surface area contributed by atoms with Crippen LogP contribution < -0.4 is 10.6 Å². The molecule has 0 bridgehead atoms. The first kappa shape index (κ1) is 14.8. The van der Waals surface area contributed by atoms with Crippen molar-refractivity contribution >= 4 is 41.4 Å². The zero-order valence-electron chi connectivity index (χ0n) is 9.09. The number of thiophene rings is 1. The number of aliphatic hydroxyl groups is 1. The van der Waals surface area contributed by atoms with Crippen LogP contribution in [0.3, 0.4) is 0 Å².